The molecule has 0 radical (unpaired) electrons. The molecule has 1 fully saturated rings. The fourth-order valence-corrected chi connectivity index (χ4v) is 3.42. The van der Waals surface area contributed by atoms with Gasteiger partial charge in [0.2, 0.25) is 5.91 Å². The van der Waals surface area contributed by atoms with Crippen LogP contribution in [-0.2, 0) is 4.79 Å². The van der Waals surface area contributed by atoms with Gasteiger partial charge in [0.05, 0.1) is 0 Å². The van der Waals surface area contributed by atoms with E-state index < -0.39 is 0 Å². The SMILES string of the molecule is Cl.NCC1(CC(=O)Nc2ccc3c(c2)OCCO3)CCCCC1. The average Bonchev–Trinajstić information content (AvgIpc) is 2.55. The fraction of sp³-hybridized carbons (Fsp3) is 0.588. The largest absolute Gasteiger partial charge is 0.486 e. The monoisotopic (exact) mass is 340 g/mol. The first-order valence-corrected chi connectivity index (χ1v) is 8.10. The summed E-state index contributed by atoms with van der Waals surface area (Å²) in [4.78, 5) is 12.4. The standard InChI is InChI=1S/C17H24N2O3.ClH/c18-12-17(6-2-1-3-7-17)11-16(20)19-13-4-5-14-15(10-13)22-9-8-21-14;/h4-5,10H,1-3,6-9,11-12,18H2,(H,19,20);1H. The second kappa shape index (κ2) is 7.88. The molecule has 0 bridgehead atoms. The smallest absolute Gasteiger partial charge is 0.224 e. The molecule has 2 aliphatic rings. The molecule has 1 aliphatic heterocycles. The van der Waals surface area contributed by atoms with Gasteiger partial charge in [0.15, 0.2) is 11.5 Å². The minimum Gasteiger partial charge on any atom is -0.486 e. The van der Waals surface area contributed by atoms with E-state index in [0.29, 0.717) is 31.9 Å². The zero-order valence-corrected chi connectivity index (χ0v) is 14.1. The Labute approximate surface area is 143 Å². The summed E-state index contributed by atoms with van der Waals surface area (Å²) in [6.07, 6.45) is 6.21. The molecule has 1 amide bonds. The molecule has 23 heavy (non-hydrogen) atoms. The van der Waals surface area contributed by atoms with E-state index in [9.17, 15) is 4.79 Å². The fourth-order valence-electron chi connectivity index (χ4n) is 3.42. The van der Waals surface area contributed by atoms with Gasteiger partial charge in [-0.2, -0.15) is 0 Å². The molecule has 0 saturated heterocycles. The van der Waals surface area contributed by atoms with Crippen LogP contribution in [-0.4, -0.2) is 25.7 Å². The first-order valence-electron chi connectivity index (χ1n) is 8.10. The van der Waals surface area contributed by atoms with Crippen molar-refractivity contribution in [3.63, 3.8) is 0 Å². The van der Waals surface area contributed by atoms with E-state index in [1.807, 2.05) is 18.2 Å². The Bertz CT molecular complexity index is 545. The van der Waals surface area contributed by atoms with Crippen molar-refractivity contribution < 1.29 is 14.3 Å². The maximum Gasteiger partial charge on any atom is 0.224 e. The number of benzene rings is 1. The van der Waals surface area contributed by atoms with E-state index in [4.69, 9.17) is 15.2 Å². The highest BCUT2D eigenvalue weighted by molar-refractivity contribution is 5.91. The second-order valence-electron chi connectivity index (χ2n) is 6.35. The number of hydrogen-bond acceptors (Lipinski definition) is 4. The zero-order valence-electron chi connectivity index (χ0n) is 13.3. The third-order valence-electron chi connectivity index (χ3n) is 4.71. The van der Waals surface area contributed by atoms with E-state index in [1.54, 1.807) is 0 Å². The van der Waals surface area contributed by atoms with Crippen molar-refractivity contribution in [3.8, 4) is 11.5 Å². The summed E-state index contributed by atoms with van der Waals surface area (Å²) in [5.74, 6) is 1.45. The number of fused-ring (bicyclic) bond motifs is 1. The molecule has 3 N–H and O–H groups in total. The van der Waals surface area contributed by atoms with Gasteiger partial charge in [-0.15, -0.1) is 12.4 Å². The molecule has 1 aromatic rings. The molecule has 1 aliphatic carbocycles. The number of nitrogens with two attached hydrogens (primary N) is 1. The molecule has 3 rings (SSSR count). The number of nitrogens with one attached hydrogen (secondary N) is 1. The number of rotatable bonds is 4. The highest BCUT2D eigenvalue weighted by Gasteiger charge is 2.33. The van der Waals surface area contributed by atoms with Gasteiger partial charge in [-0.3, -0.25) is 4.79 Å². The molecule has 0 atom stereocenters. The third kappa shape index (κ3) is 4.30. The van der Waals surface area contributed by atoms with Crippen LogP contribution >= 0.6 is 12.4 Å². The summed E-state index contributed by atoms with van der Waals surface area (Å²) in [5.41, 5.74) is 6.68. The number of carbonyl (C=O) groups is 1. The van der Waals surface area contributed by atoms with Gasteiger partial charge in [0.1, 0.15) is 13.2 Å². The van der Waals surface area contributed by atoms with Gasteiger partial charge in [-0.25, -0.2) is 0 Å². The van der Waals surface area contributed by atoms with Crippen molar-refractivity contribution >= 4 is 24.0 Å². The predicted octanol–water partition coefficient (Wildman–Crippen LogP) is 3.12. The van der Waals surface area contributed by atoms with Gasteiger partial charge in [0, 0.05) is 18.2 Å². The van der Waals surface area contributed by atoms with Gasteiger partial charge in [-0.1, -0.05) is 19.3 Å². The van der Waals surface area contributed by atoms with Gasteiger partial charge < -0.3 is 20.5 Å². The van der Waals surface area contributed by atoms with Crippen LogP contribution in [0.2, 0.25) is 0 Å². The molecular weight excluding hydrogens is 316 g/mol. The molecule has 1 aromatic carbocycles. The van der Waals surface area contributed by atoms with Crippen LogP contribution in [0.25, 0.3) is 0 Å². The lowest BCUT2D eigenvalue weighted by Gasteiger charge is -2.35. The van der Waals surface area contributed by atoms with E-state index in [2.05, 4.69) is 5.32 Å². The number of carbonyl (C=O) groups excluding carboxylic acids is 1. The molecule has 0 aromatic heterocycles. The molecule has 6 heteroatoms. The summed E-state index contributed by atoms with van der Waals surface area (Å²) < 4.78 is 11.0. The van der Waals surface area contributed by atoms with Crippen molar-refractivity contribution in [2.24, 2.45) is 11.1 Å². The van der Waals surface area contributed by atoms with E-state index in [1.165, 1.54) is 19.3 Å². The number of amides is 1. The Morgan fingerprint density at radius 2 is 1.83 bits per heavy atom. The molecule has 0 spiro atoms. The minimum atomic E-state index is -0.0177. The normalized spacial score (nSPS) is 18.7. The quantitative estimate of drug-likeness (QED) is 0.883. The van der Waals surface area contributed by atoms with Crippen molar-refractivity contribution in [2.75, 3.05) is 25.1 Å². The van der Waals surface area contributed by atoms with Gasteiger partial charge in [-0.05, 0) is 36.9 Å². The maximum absolute atomic E-state index is 12.4. The topological polar surface area (TPSA) is 73.6 Å². The van der Waals surface area contributed by atoms with Crippen LogP contribution in [0, 0.1) is 5.41 Å². The summed E-state index contributed by atoms with van der Waals surface area (Å²) in [7, 11) is 0. The number of ether oxygens (including phenoxy) is 2. The lowest BCUT2D eigenvalue weighted by atomic mass is 9.71. The number of halogens is 1. The summed E-state index contributed by atoms with van der Waals surface area (Å²) in [6.45, 7) is 1.69. The van der Waals surface area contributed by atoms with Crippen molar-refractivity contribution in [2.45, 2.75) is 38.5 Å². The van der Waals surface area contributed by atoms with Crippen molar-refractivity contribution in [1.29, 1.82) is 0 Å². The Morgan fingerprint density at radius 3 is 2.52 bits per heavy atom. The highest BCUT2D eigenvalue weighted by atomic mass is 35.5. The predicted molar refractivity (Wildman–Crippen MR) is 92.5 cm³/mol. The van der Waals surface area contributed by atoms with Crippen LogP contribution < -0.4 is 20.5 Å². The number of anilines is 1. The van der Waals surface area contributed by atoms with E-state index in [-0.39, 0.29) is 23.7 Å². The molecule has 128 valence electrons. The van der Waals surface area contributed by atoms with Crippen LogP contribution in [0.1, 0.15) is 38.5 Å². The average molecular weight is 341 g/mol. The molecule has 1 heterocycles. The van der Waals surface area contributed by atoms with Gasteiger partial charge in [0.25, 0.3) is 0 Å². The molecular formula is C17H25ClN2O3. The van der Waals surface area contributed by atoms with Crippen LogP contribution in [0.3, 0.4) is 0 Å². The zero-order chi connectivity index (χ0) is 15.4. The molecule has 5 nitrogen and oxygen atoms in total. The van der Waals surface area contributed by atoms with Crippen LogP contribution in [0.15, 0.2) is 18.2 Å². The van der Waals surface area contributed by atoms with Crippen LogP contribution in [0.5, 0.6) is 11.5 Å². The summed E-state index contributed by atoms with van der Waals surface area (Å²) in [5, 5.41) is 2.97. The summed E-state index contributed by atoms with van der Waals surface area (Å²) in [6, 6.07) is 5.51. The highest BCUT2D eigenvalue weighted by Crippen LogP contribution is 2.39. The minimum absolute atomic E-state index is 0. The van der Waals surface area contributed by atoms with E-state index in [0.717, 1.165) is 24.3 Å². The number of hydrogen-bond donors (Lipinski definition) is 2. The lowest BCUT2D eigenvalue weighted by molar-refractivity contribution is -0.118. The Hall–Kier alpha value is -1.46. The van der Waals surface area contributed by atoms with Crippen LogP contribution in [0.4, 0.5) is 5.69 Å². The maximum atomic E-state index is 12.4. The first kappa shape index (κ1) is 17.9. The Morgan fingerprint density at radius 1 is 1.13 bits per heavy atom. The van der Waals surface area contributed by atoms with Crippen molar-refractivity contribution in [1.82, 2.24) is 0 Å². The first-order chi connectivity index (χ1) is 10.7. The second-order valence-corrected chi connectivity index (χ2v) is 6.35. The van der Waals surface area contributed by atoms with E-state index >= 15 is 0 Å². The van der Waals surface area contributed by atoms with Gasteiger partial charge >= 0.3 is 0 Å². The molecule has 0 unspecified atom stereocenters. The lowest BCUT2D eigenvalue weighted by Crippen LogP contribution is -2.36. The summed E-state index contributed by atoms with van der Waals surface area (Å²) >= 11 is 0. The third-order valence-corrected chi connectivity index (χ3v) is 4.71. The van der Waals surface area contributed by atoms with Crippen molar-refractivity contribution in [3.05, 3.63) is 18.2 Å². The molecule has 1 saturated carbocycles. The Balaban J connectivity index is 0.00000192. The Kier molecular flexibility index (Phi) is 6.13.